The summed E-state index contributed by atoms with van der Waals surface area (Å²) in [7, 11) is -2.79. The molecule has 2 heterocycles. The maximum absolute atomic E-state index is 13.6. The summed E-state index contributed by atoms with van der Waals surface area (Å²) in [5.41, 5.74) is 1.97. The van der Waals surface area contributed by atoms with Gasteiger partial charge in [-0.3, -0.25) is 4.21 Å². The minimum Gasteiger partial charge on any atom is -0.495 e. The zero-order chi connectivity index (χ0) is 31.2. The van der Waals surface area contributed by atoms with E-state index in [0.717, 1.165) is 50.8 Å². The van der Waals surface area contributed by atoms with Gasteiger partial charge in [-0.15, -0.1) is 0 Å². The van der Waals surface area contributed by atoms with E-state index in [0.29, 0.717) is 28.1 Å². The molecular weight excluding hydrogens is 601 g/mol. The summed E-state index contributed by atoms with van der Waals surface area (Å²) < 4.78 is 82.3. The number of hydrogen-bond donors (Lipinski definition) is 2. The molecular formula is C30H37F3N4O4S2. The zero-order valence-electron chi connectivity index (χ0n) is 24.5. The highest BCUT2D eigenvalue weighted by Gasteiger charge is 2.30. The number of benzene rings is 2. The first-order valence-electron chi connectivity index (χ1n) is 13.9. The lowest BCUT2D eigenvalue weighted by atomic mass is 10.0. The molecule has 4 rings (SSSR count). The molecule has 13 heteroatoms. The van der Waals surface area contributed by atoms with Gasteiger partial charge in [-0.05, 0) is 62.1 Å². The van der Waals surface area contributed by atoms with Crippen LogP contribution in [0.5, 0.6) is 5.75 Å². The molecule has 1 atom stereocenters. The normalized spacial score (nSPS) is 15.6. The van der Waals surface area contributed by atoms with Gasteiger partial charge in [0, 0.05) is 65.3 Å². The standard InChI is InChI=1S/C30H37F3N4O4S2/c1-41-29-20-24(43(3,39)40)10-11-27(29)34-14-5-7-23-19-25-26(8-4-9-28(25)37(23)21-30(31,32)33)35-22-12-16-36(17-13-22)15-6-18-42(2)38/h4,8-11,19-20,22,34-35H,6,12-18,21H2,1-3H3. The first-order chi connectivity index (χ1) is 20.3. The van der Waals surface area contributed by atoms with E-state index in [2.05, 4.69) is 27.4 Å². The van der Waals surface area contributed by atoms with Gasteiger partial charge < -0.3 is 24.8 Å². The minimum atomic E-state index is -4.43. The molecule has 1 aliphatic heterocycles. The molecule has 0 bridgehead atoms. The Labute approximate surface area is 253 Å². The molecule has 1 aromatic heterocycles. The lowest BCUT2D eigenvalue weighted by Gasteiger charge is -2.33. The van der Waals surface area contributed by atoms with E-state index in [9.17, 15) is 25.8 Å². The number of rotatable bonds is 11. The Balaban J connectivity index is 1.50. The Kier molecular flexibility index (Phi) is 10.7. The molecule has 0 radical (unpaired) electrons. The second kappa shape index (κ2) is 14.1. The average molecular weight is 639 g/mol. The summed E-state index contributed by atoms with van der Waals surface area (Å²) in [4.78, 5) is 2.47. The molecule has 43 heavy (non-hydrogen) atoms. The molecule has 3 aromatic rings. The quantitative estimate of drug-likeness (QED) is 0.294. The van der Waals surface area contributed by atoms with Crippen molar-refractivity contribution in [2.24, 2.45) is 0 Å². The number of sulfone groups is 1. The molecule has 8 nitrogen and oxygen atoms in total. The van der Waals surface area contributed by atoms with E-state index in [-0.39, 0.29) is 23.2 Å². The van der Waals surface area contributed by atoms with E-state index in [4.69, 9.17) is 4.74 Å². The van der Waals surface area contributed by atoms with E-state index in [1.165, 1.54) is 23.8 Å². The van der Waals surface area contributed by atoms with Crippen molar-refractivity contribution < 1.29 is 30.5 Å². The maximum atomic E-state index is 13.6. The number of methoxy groups -OCH3 is 1. The van der Waals surface area contributed by atoms with Crippen molar-refractivity contribution in [1.82, 2.24) is 9.47 Å². The number of aromatic nitrogens is 1. The number of fused-ring (bicyclic) bond motifs is 1. The first kappa shape index (κ1) is 32.7. The van der Waals surface area contributed by atoms with E-state index in [1.54, 1.807) is 30.5 Å². The number of nitrogens with zero attached hydrogens (tertiary/aromatic N) is 2. The van der Waals surface area contributed by atoms with Crippen molar-refractivity contribution in [3.05, 3.63) is 48.2 Å². The van der Waals surface area contributed by atoms with Crippen LogP contribution in [0.2, 0.25) is 0 Å². The number of likely N-dealkylation sites (tertiary alicyclic amines) is 1. The van der Waals surface area contributed by atoms with Crippen LogP contribution in [0, 0.1) is 11.8 Å². The Hall–Kier alpha value is -3.21. The summed E-state index contributed by atoms with van der Waals surface area (Å²) in [6, 6.07) is 11.6. The lowest BCUT2D eigenvalue weighted by Crippen LogP contribution is -2.39. The third-order valence-corrected chi connectivity index (χ3v) is 9.30. The minimum absolute atomic E-state index is 0.0972. The number of hydrogen-bond acceptors (Lipinski definition) is 7. The predicted octanol–water partition coefficient (Wildman–Crippen LogP) is 4.72. The number of piperidine rings is 1. The van der Waals surface area contributed by atoms with Gasteiger partial charge in [0.25, 0.3) is 0 Å². The number of alkyl halides is 3. The van der Waals surface area contributed by atoms with Gasteiger partial charge in [0.1, 0.15) is 12.3 Å². The Morgan fingerprint density at radius 2 is 1.86 bits per heavy atom. The second-order valence-corrected chi connectivity index (χ2v) is 14.2. The highest BCUT2D eigenvalue weighted by atomic mass is 32.2. The van der Waals surface area contributed by atoms with Gasteiger partial charge >= 0.3 is 6.18 Å². The molecule has 234 valence electrons. The largest absolute Gasteiger partial charge is 0.495 e. The molecule has 2 aromatic carbocycles. The van der Waals surface area contributed by atoms with Gasteiger partial charge in [0.15, 0.2) is 9.84 Å². The van der Waals surface area contributed by atoms with Crippen LogP contribution in [-0.4, -0.2) is 85.9 Å². The number of halogens is 3. The fraction of sp³-hybridized carbons (Fsp3) is 0.467. The van der Waals surface area contributed by atoms with Crippen LogP contribution < -0.4 is 15.4 Å². The fourth-order valence-electron chi connectivity index (χ4n) is 5.20. The van der Waals surface area contributed by atoms with Crippen LogP contribution in [0.15, 0.2) is 47.4 Å². The van der Waals surface area contributed by atoms with Gasteiger partial charge in [0.2, 0.25) is 0 Å². The number of nitrogens with one attached hydrogen (secondary N) is 2. The lowest BCUT2D eigenvalue weighted by molar-refractivity contribution is -0.140. The smallest absolute Gasteiger partial charge is 0.406 e. The van der Waals surface area contributed by atoms with Crippen molar-refractivity contribution in [3.63, 3.8) is 0 Å². The van der Waals surface area contributed by atoms with Crippen molar-refractivity contribution >= 4 is 42.9 Å². The van der Waals surface area contributed by atoms with Crippen LogP contribution in [0.25, 0.3) is 10.9 Å². The summed E-state index contributed by atoms with van der Waals surface area (Å²) >= 11 is 0. The van der Waals surface area contributed by atoms with Gasteiger partial charge in [-0.2, -0.15) is 13.2 Å². The molecule has 0 spiro atoms. The third kappa shape index (κ3) is 9.14. The van der Waals surface area contributed by atoms with E-state index in [1.807, 2.05) is 6.07 Å². The Morgan fingerprint density at radius 3 is 2.51 bits per heavy atom. The highest BCUT2D eigenvalue weighted by Crippen LogP contribution is 2.32. The molecule has 1 saturated heterocycles. The molecule has 0 aliphatic carbocycles. The topological polar surface area (TPSA) is 92.7 Å². The number of ether oxygens (including phenoxy) is 1. The Morgan fingerprint density at radius 1 is 1.12 bits per heavy atom. The molecule has 1 unspecified atom stereocenters. The van der Waals surface area contributed by atoms with Crippen LogP contribution in [0.3, 0.4) is 0 Å². The monoisotopic (exact) mass is 638 g/mol. The number of anilines is 2. The van der Waals surface area contributed by atoms with Crippen LogP contribution in [0.1, 0.15) is 25.0 Å². The Bertz CT molecular complexity index is 1620. The van der Waals surface area contributed by atoms with Crippen molar-refractivity contribution in [1.29, 1.82) is 0 Å². The van der Waals surface area contributed by atoms with Crippen molar-refractivity contribution in [2.75, 3.05) is 62.2 Å². The zero-order valence-corrected chi connectivity index (χ0v) is 26.1. The van der Waals surface area contributed by atoms with E-state index < -0.39 is 33.4 Å². The van der Waals surface area contributed by atoms with Gasteiger partial charge in [-0.25, -0.2) is 8.42 Å². The average Bonchev–Trinajstić information content (AvgIpc) is 3.28. The molecule has 0 amide bonds. The molecule has 1 fully saturated rings. The second-order valence-electron chi connectivity index (χ2n) is 10.6. The predicted molar refractivity (Wildman–Crippen MR) is 166 cm³/mol. The molecule has 0 saturated carbocycles. The fourth-order valence-corrected chi connectivity index (χ4v) is 6.37. The molecule has 1 aliphatic rings. The highest BCUT2D eigenvalue weighted by molar-refractivity contribution is 7.90. The first-order valence-corrected chi connectivity index (χ1v) is 17.5. The SMILES string of the molecule is COc1cc(S(C)(=O)=O)ccc1NCC#Cc1cc2c(NC3CCN(CCCS(C)=O)CC3)cccc2n1CC(F)(F)F. The van der Waals surface area contributed by atoms with Crippen LogP contribution in [-0.2, 0) is 27.2 Å². The van der Waals surface area contributed by atoms with Gasteiger partial charge in [-0.1, -0.05) is 12.0 Å². The molecule has 2 N–H and O–H groups in total. The summed E-state index contributed by atoms with van der Waals surface area (Å²) in [6.45, 7) is 1.66. The summed E-state index contributed by atoms with van der Waals surface area (Å²) in [6.07, 6.45) is 1.09. The third-order valence-electron chi connectivity index (χ3n) is 7.32. The van der Waals surface area contributed by atoms with Crippen molar-refractivity contribution in [2.45, 2.75) is 42.9 Å². The summed E-state index contributed by atoms with van der Waals surface area (Å²) in [5.74, 6) is 6.80. The van der Waals surface area contributed by atoms with Crippen LogP contribution >= 0.6 is 0 Å². The van der Waals surface area contributed by atoms with Crippen molar-refractivity contribution in [3.8, 4) is 17.6 Å². The van der Waals surface area contributed by atoms with E-state index >= 15 is 0 Å². The van der Waals surface area contributed by atoms with Crippen LogP contribution in [0.4, 0.5) is 24.5 Å². The maximum Gasteiger partial charge on any atom is 0.406 e. The summed E-state index contributed by atoms with van der Waals surface area (Å²) in [5, 5.41) is 7.27. The van der Waals surface area contributed by atoms with Gasteiger partial charge in [0.05, 0.1) is 35.4 Å².